The predicted molar refractivity (Wildman–Crippen MR) is 108 cm³/mol. The number of aryl methyl sites for hydroxylation is 2. The molecule has 2 heterocycles. The highest BCUT2D eigenvalue weighted by atomic mass is 16.1. The molecule has 0 atom stereocenters. The summed E-state index contributed by atoms with van der Waals surface area (Å²) < 4.78 is 1.87. The summed E-state index contributed by atoms with van der Waals surface area (Å²) >= 11 is 0. The highest BCUT2D eigenvalue weighted by Crippen LogP contribution is 2.27. The average molecular weight is 362 g/mol. The standard InChI is InChI=1S/C20H22N6O/c1-12-5-6-15(11-13(12)2)26-18(14-7-9-24-10-8-14)25-20(27)16(17(21)22-3)19(26)23-4/h5-11,23H,1-4H3,(H2,21,22). The molecule has 0 fully saturated rings. The number of hydrogen-bond donors (Lipinski definition) is 3. The molecular weight excluding hydrogens is 340 g/mol. The van der Waals surface area contributed by atoms with E-state index in [2.05, 4.69) is 20.6 Å². The number of benzene rings is 1. The van der Waals surface area contributed by atoms with Crippen molar-refractivity contribution in [1.82, 2.24) is 19.9 Å². The lowest BCUT2D eigenvalue weighted by molar-refractivity contribution is 0.961. The Balaban J connectivity index is 2.44. The summed E-state index contributed by atoms with van der Waals surface area (Å²) in [5.41, 5.74) is 3.64. The van der Waals surface area contributed by atoms with E-state index in [9.17, 15) is 4.79 Å². The highest BCUT2D eigenvalue weighted by Gasteiger charge is 2.21. The van der Waals surface area contributed by atoms with E-state index in [4.69, 9.17) is 5.41 Å². The van der Waals surface area contributed by atoms with Gasteiger partial charge in [-0.2, -0.15) is 4.98 Å². The topological polar surface area (TPSA) is 95.7 Å². The number of nitrogens with one attached hydrogen (secondary N) is 3. The summed E-state index contributed by atoms with van der Waals surface area (Å²) in [6, 6.07) is 9.66. The molecule has 0 spiro atoms. The van der Waals surface area contributed by atoms with Crippen molar-refractivity contribution >= 4 is 11.7 Å². The van der Waals surface area contributed by atoms with E-state index in [0.717, 1.165) is 16.8 Å². The van der Waals surface area contributed by atoms with E-state index in [-0.39, 0.29) is 11.4 Å². The zero-order valence-electron chi connectivity index (χ0n) is 15.8. The molecule has 0 aliphatic rings. The maximum absolute atomic E-state index is 12.7. The third kappa shape index (κ3) is 3.31. The molecule has 138 valence electrons. The van der Waals surface area contributed by atoms with Gasteiger partial charge in [-0.25, -0.2) is 0 Å². The molecule has 3 N–H and O–H groups in total. The van der Waals surface area contributed by atoms with E-state index in [1.807, 2.05) is 48.7 Å². The molecule has 0 saturated heterocycles. The number of aromatic nitrogens is 3. The van der Waals surface area contributed by atoms with E-state index >= 15 is 0 Å². The maximum Gasteiger partial charge on any atom is 0.286 e. The number of nitrogens with zero attached hydrogens (tertiary/aromatic N) is 3. The number of hydrogen-bond acceptors (Lipinski definition) is 5. The Morgan fingerprint density at radius 3 is 2.37 bits per heavy atom. The summed E-state index contributed by atoms with van der Waals surface area (Å²) in [7, 11) is 3.34. The van der Waals surface area contributed by atoms with Crippen molar-refractivity contribution in [1.29, 1.82) is 5.41 Å². The van der Waals surface area contributed by atoms with Gasteiger partial charge in [0, 0.05) is 37.7 Å². The van der Waals surface area contributed by atoms with Crippen molar-refractivity contribution in [2.24, 2.45) is 0 Å². The molecule has 7 nitrogen and oxygen atoms in total. The van der Waals surface area contributed by atoms with Crippen LogP contribution >= 0.6 is 0 Å². The molecule has 3 rings (SSSR count). The quantitative estimate of drug-likeness (QED) is 0.490. The second-order valence-corrected chi connectivity index (χ2v) is 6.18. The molecule has 0 aliphatic heterocycles. The summed E-state index contributed by atoms with van der Waals surface area (Å²) in [5.74, 6) is 1.00. The lowest BCUT2D eigenvalue weighted by atomic mass is 10.1. The Morgan fingerprint density at radius 1 is 1.07 bits per heavy atom. The van der Waals surface area contributed by atoms with E-state index < -0.39 is 5.56 Å². The first-order valence-electron chi connectivity index (χ1n) is 8.57. The van der Waals surface area contributed by atoms with Crippen LogP contribution in [0.4, 0.5) is 5.82 Å². The van der Waals surface area contributed by atoms with Crippen molar-refractivity contribution in [2.75, 3.05) is 19.4 Å². The second-order valence-electron chi connectivity index (χ2n) is 6.18. The summed E-state index contributed by atoms with van der Waals surface area (Å²) in [5, 5.41) is 14.0. The number of rotatable bonds is 4. The van der Waals surface area contributed by atoms with E-state index in [0.29, 0.717) is 11.6 Å². The lowest BCUT2D eigenvalue weighted by Crippen LogP contribution is -2.31. The second kappa shape index (κ2) is 7.41. The first-order valence-corrected chi connectivity index (χ1v) is 8.57. The van der Waals surface area contributed by atoms with Gasteiger partial charge in [-0.3, -0.25) is 19.8 Å². The van der Waals surface area contributed by atoms with Crippen molar-refractivity contribution in [2.45, 2.75) is 13.8 Å². The van der Waals surface area contributed by atoms with Gasteiger partial charge in [0.2, 0.25) is 0 Å². The van der Waals surface area contributed by atoms with Crippen LogP contribution in [0.1, 0.15) is 16.7 Å². The number of anilines is 1. The van der Waals surface area contributed by atoms with Crippen LogP contribution in [0, 0.1) is 19.3 Å². The van der Waals surface area contributed by atoms with Gasteiger partial charge >= 0.3 is 0 Å². The average Bonchev–Trinajstić information content (AvgIpc) is 2.69. The highest BCUT2D eigenvalue weighted by molar-refractivity contribution is 6.00. The molecule has 0 amide bonds. The monoisotopic (exact) mass is 362 g/mol. The molecule has 2 aromatic heterocycles. The third-order valence-corrected chi connectivity index (χ3v) is 4.52. The Morgan fingerprint density at radius 2 is 1.78 bits per heavy atom. The van der Waals surface area contributed by atoms with Gasteiger partial charge in [-0.1, -0.05) is 6.07 Å². The normalized spacial score (nSPS) is 10.5. The van der Waals surface area contributed by atoms with Gasteiger partial charge in [0.05, 0.1) is 0 Å². The largest absolute Gasteiger partial charge is 0.373 e. The van der Waals surface area contributed by atoms with E-state index in [1.54, 1.807) is 26.5 Å². The molecule has 27 heavy (non-hydrogen) atoms. The van der Waals surface area contributed by atoms with Crippen molar-refractivity contribution in [3.05, 3.63) is 69.8 Å². The number of amidine groups is 1. The molecular formula is C20H22N6O. The smallest absolute Gasteiger partial charge is 0.286 e. The Hall–Kier alpha value is -3.48. The van der Waals surface area contributed by atoms with Crippen molar-refractivity contribution in [3.63, 3.8) is 0 Å². The van der Waals surface area contributed by atoms with Crippen LogP contribution in [0.3, 0.4) is 0 Å². The lowest BCUT2D eigenvalue weighted by Gasteiger charge is -2.21. The fourth-order valence-corrected chi connectivity index (χ4v) is 2.92. The van der Waals surface area contributed by atoms with E-state index in [1.165, 1.54) is 5.56 Å². The summed E-state index contributed by atoms with van der Waals surface area (Å²) in [6.45, 7) is 4.09. The van der Waals surface area contributed by atoms with Crippen LogP contribution in [0.2, 0.25) is 0 Å². The molecule has 0 saturated carbocycles. The van der Waals surface area contributed by atoms with Crippen LogP contribution in [-0.2, 0) is 0 Å². The zero-order chi connectivity index (χ0) is 19.6. The van der Waals surface area contributed by atoms with Gasteiger partial charge < -0.3 is 10.6 Å². The number of pyridine rings is 1. The fourth-order valence-electron chi connectivity index (χ4n) is 2.92. The van der Waals surface area contributed by atoms with Crippen LogP contribution in [0.25, 0.3) is 17.1 Å². The zero-order valence-corrected chi connectivity index (χ0v) is 15.8. The first kappa shape index (κ1) is 18.3. The van der Waals surface area contributed by atoms with Crippen LogP contribution in [0.5, 0.6) is 0 Å². The maximum atomic E-state index is 12.7. The Labute approximate surface area is 157 Å². The summed E-state index contributed by atoms with van der Waals surface area (Å²) in [4.78, 5) is 21.1. The fraction of sp³-hybridized carbons (Fsp3) is 0.200. The Kier molecular flexibility index (Phi) is 5.03. The molecule has 7 heteroatoms. The van der Waals surface area contributed by atoms with Crippen LogP contribution in [-0.4, -0.2) is 34.5 Å². The van der Waals surface area contributed by atoms with Crippen LogP contribution in [0.15, 0.2) is 47.5 Å². The van der Waals surface area contributed by atoms with Crippen LogP contribution < -0.4 is 16.2 Å². The van der Waals surface area contributed by atoms with Crippen molar-refractivity contribution in [3.8, 4) is 17.1 Å². The predicted octanol–water partition coefficient (Wildman–Crippen LogP) is 2.50. The minimum atomic E-state index is -0.467. The molecule has 0 aliphatic carbocycles. The third-order valence-electron chi connectivity index (χ3n) is 4.52. The SMILES string of the molecule is CNC(=N)c1c(NC)n(-c2ccc(C)c(C)c2)c(-c2ccncc2)nc1=O. The van der Waals surface area contributed by atoms with Gasteiger partial charge in [0.15, 0.2) is 0 Å². The minimum absolute atomic E-state index is 0.00992. The Bertz CT molecular complexity index is 1060. The molecule has 3 aromatic rings. The molecule has 0 bridgehead atoms. The van der Waals surface area contributed by atoms with Gasteiger partial charge in [0.25, 0.3) is 5.56 Å². The molecule has 1 aromatic carbocycles. The minimum Gasteiger partial charge on any atom is -0.373 e. The first-order chi connectivity index (χ1) is 13.0. The van der Waals surface area contributed by atoms with Crippen molar-refractivity contribution < 1.29 is 0 Å². The summed E-state index contributed by atoms with van der Waals surface area (Å²) in [6.07, 6.45) is 3.32. The van der Waals surface area contributed by atoms with Gasteiger partial charge in [-0.05, 0) is 49.2 Å². The molecule has 0 unspecified atom stereocenters. The van der Waals surface area contributed by atoms with Gasteiger partial charge in [0.1, 0.15) is 23.0 Å². The molecule has 0 radical (unpaired) electrons. The van der Waals surface area contributed by atoms with Gasteiger partial charge in [-0.15, -0.1) is 0 Å².